The first kappa shape index (κ1) is 18.4. The number of hydrogen-bond acceptors (Lipinski definition) is 6. The second-order valence-corrected chi connectivity index (χ2v) is 6.06. The Morgan fingerprint density at radius 1 is 1.22 bits per heavy atom. The molecule has 8 heteroatoms. The van der Waals surface area contributed by atoms with Gasteiger partial charge in [0.2, 0.25) is 0 Å². The topological polar surface area (TPSA) is 95.3 Å². The second-order valence-electron chi connectivity index (χ2n) is 6.06. The lowest BCUT2D eigenvalue weighted by Crippen LogP contribution is -2.20. The van der Waals surface area contributed by atoms with Crippen molar-refractivity contribution < 1.29 is 19.1 Å². The van der Waals surface area contributed by atoms with Crippen molar-refractivity contribution in [2.75, 3.05) is 19.0 Å². The van der Waals surface area contributed by atoms with Crippen LogP contribution in [0.25, 0.3) is 11.0 Å². The molecule has 2 aromatic heterocycles. The van der Waals surface area contributed by atoms with Gasteiger partial charge in [-0.3, -0.25) is 14.3 Å². The van der Waals surface area contributed by atoms with Crippen LogP contribution >= 0.6 is 0 Å². The van der Waals surface area contributed by atoms with Crippen molar-refractivity contribution in [1.82, 2.24) is 14.8 Å². The molecule has 0 saturated carbocycles. The zero-order chi connectivity index (χ0) is 19.6. The number of fused-ring (bicyclic) bond motifs is 1. The molecule has 0 atom stereocenters. The van der Waals surface area contributed by atoms with Gasteiger partial charge in [0.25, 0.3) is 5.91 Å². The van der Waals surface area contributed by atoms with Gasteiger partial charge < -0.3 is 14.8 Å². The number of aromatic nitrogens is 3. The fourth-order valence-corrected chi connectivity index (χ4v) is 2.72. The highest BCUT2D eigenvalue weighted by Crippen LogP contribution is 2.28. The first-order valence-corrected chi connectivity index (χ1v) is 8.30. The van der Waals surface area contributed by atoms with Crippen LogP contribution in [0, 0.1) is 6.92 Å². The van der Waals surface area contributed by atoms with E-state index in [0.29, 0.717) is 22.7 Å². The van der Waals surface area contributed by atoms with E-state index in [1.807, 2.05) is 20.0 Å². The smallest absolute Gasteiger partial charge is 0.262 e. The van der Waals surface area contributed by atoms with Crippen molar-refractivity contribution in [3.05, 3.63) is 41.7 Å². The monoisotopic (exact) mass is 368 g/mol. The van der Waals surface area contributed by atoms with Gasteiger partial charge in [0.05, 0.1) is 24.7 Å². The molecule has 0 fully saturated rings. The summed E-state index contributed by atoms with van der Waals surface area (Å²) in [6.07, 6.45) is 1.57. The Balaban J connectivity index is 1.68. The van der Waals surface area contributed by atoms with E-state index in [-0.39, 0.29) is 18.3 Å². The Morgan fingerprint density at radius 2 is 2.00 bits per heavy atom. The molecule has 27 heavy (non-hydrogen) atoms. The molecule has 2 heterocycles. The predicted molar refractivity (Wildman–Crippen MR) is 100 cm³/mol. The van der Waals surface area contributed by atoms with Crippen LogP contribution in [0.15, 0.2) is 30.5 Å². The molecular weight excluding hydrogens is 348 g/mol. The average Bonchev–Trinajstić information content (AvgIpc) is 2.93. The number of methoxy groups -OCH3 is 1. The van der Waals surface area contributed by atoms with E-state index in [4.69, 9.17) is 9.47 Å². The van der Waals surface area contributed by atoms with Crippen molar-refractivity contribution >= 4 is 28.4 Å². The van der Waals surface area contributed by atoms with Gasteiger partial charge in [-0.05, 0) is 38.1 Å². The molecule has 0 aliphatic rings. The van der Waals surface area contributed by atoms with Gasteiger partial charge in [-0.1, -0.05) is 0 Å². The summed E-state index contributed by atoms with van der Waals surface area (Å²) in [5.41, 5.74) is 2.65. The van der Waals surface area contributed by atoms with Crippen molar-refractivity contribution in [2.45, 2.75) is 13.8 Å². The summed E-state index contributed by atoms with van der Waals surface area (Å²) in [5, 5.41) is 7.93. The Hall–Kier alpha value is -3.42. The van der Waals surface area contributed by atoms with Gasteiger partial charge in [0.15, 0.2) is 29.5 Å². The number of rotatable bonds is 6. The van der Waals surface area contributed by atoms with Gasteiger partial charge in [-0.15, -0.1) is 0 Å². The molecule has 3 rings (SSSR count). The van der Waals surface area contributed by atoms with Crippen LogP contribution in [0.1, 0.15) is 23.0 Å². The summed E-state index contributed by atoms with van der Waals surface area (Å²) in [5.74, 6) is 0.362. The van der Waals surface area contributed by atoms with Crippen LogP contribution in [0.5, 0.6) is 11.5 Å². The van der Waals surface area contributed by atoms with Crippen molar-refractivity contribution in [3.63, 3.8) is 0 Å². The number of carbonyl (C=O) groups excluding carboxylic acids is 2. The fourth-order valence-electron chi connectivity index (χ4n) is 2.72. The molecule has 0 unspecified atom stereocenters. The Labute approximate surface area is 156 Å². The third kappa shape index (κ3) is 3.89. The van der Waals surface area contributed by atoms with Crippen molar-refractivity contribution in [1.29, 1.82) is 0 Å². The number of aryl methyl sites for hydroxylation is 2. The number of Topliss-reactive ketones (excluding diaryl/α,β-unsaturated/α-hetero) is 1. The third-order valence-corrected chi connectivity index (χ3v) is 4.08. The van der Waals surface area contributed by atoms with Gasteiger partial charge >= 0.3 is 0 Å². The minimum absolute atomic E-state index is 0.0776. The minimum atomic E-state index is -0.338. The number of ether oxygens (including phenoxy) is 2. The minimum Gasteiger partial charge on any atom is -0.493 e. The molecule has 0 radical (unpaired) electrons. The van der Waals surface area contributed by atoms with Crippen molar-refractivity contribution in [3.8, 4) is 11.5 Å². The number of amides is 1. The molecular formula is C19H20N4O4. The second kappa shape index (κ2) is 7.45. The maximum atomic E-state index is 12.2. The van der Waals surface area contributed by atoms with Crippen LogP contribution in [0.4, 0.5) is 5.69 Å². The largest absolute Gasteiger partial charge is 0.493 e. The number of benzene rings is 1. The summed E-state index contributed by atoms with van der Waals surface area (Å²) in [7, 11) is 3.29. The van der Waals surface area contributed by atoms with E-state index in [9.17, 15) is 9.59 Å². The Bertz CT molecular complexity index is 1030. The molecule has 1 amide bonds. The van der Waals surface area contributed by atoms with E-state index in [1.165, 1.54) is 14.0 Å². The van der Waals surface area contributed by atoms with Gasteiger partial charge in [-0.2, -0.15) is 5.10 Å². The maximum absolute atomic E-state index is 12.2. The number of pyridine rings is 1. The fraction of sp³-hybridized carbons (Fsp3) is 0.263. The average molecular weight is 368 g/mol. The SMILES string of the molecule is COc1cc(C(C)=O)ccc1OCC(=O)Nc1cnc2c(c1)c(C)nn2C. The number of hydrogen-bond donors (Lipinski definition) is 1. The van der Waals surface area contributed by atoms with Gasteiger partial charge in [0, 0.05) is 18.0 Å². The van der Waals surface area contributed by atoms with Crippen LogP contribution in [0.3, 0.4) is 0 Å². The van der Waals surface area contributed by atoms with Crippen molar-refractivity contribution in [2.24, 2.45) is 7.05 Å². The van der Waals surface area contributed by atoms with E-state index < -0.39 is 0 Å². The number of anilines is 1. The first-order valence-electron chi connectivity index (χ1n) is 8.30. The summed E-state index contributed by atoms with van der Waals surface area (Å²) in [6.45, 7) is 3.15. The van der Waals surface area contributed by atoms with Gasteiger partial charge in [0.1, 0.15) is 0 Å². The quantitative estimate of drug-likeness (QED) is 0.672. The molecule has 0 spiro atoms. The molecule has 3 aromatic rings. The summed E-state index contributed by atoms with van der Waals surface area (Å²) in [6, 6.07) is 6.64. The van der Waals surface area contributed by atoms with E-state index in [2.05, 4.69) is 15.4 Å². The molecule has 0 aliphatic carbocycles. The normalized spacial score (nSPS) is 10.7. The van der Waals surface area contributed by atoms with E-state index in [0.717, 1.165) is 16.7 Å². The maximum Gasteiger partial charge on any atom is 0.262 e. The molecule has 0 aliphatic heterocycles. The van der Waals surface area contributed by atoms with Crippen LogP contribution < -0.4 is 14.8 Å². The van der Waals surface area contributed by atoms with Crippen LogP contribution in [-0.4, -0.2) is 40.2 Å². The highest BCUT2D eigenvalue weighted by Gasteiger charge is 2.12. The van der Waals surface area contributed by atoms with E-state index >= 15 is 0 Å². The lowest BCUT2D eigenvalue weighted by Gasteiger charge is -2.11. The number of ketones is 1. The molecule has 1 aromatic carbocycles. The number of nitrogens with one attached hydrogen (secondary N) is 1. The zero-order valence-electron chi connectivity index (χ0n) is 15.6. The zero-order valence-corrected chi connectivity index (χ0v) is 15.6. The van der Waals surface area contributed by atoms with Gasteiger partial charge in [-0.25, -0.2) is 4.98 Å². The Kier molecular flexibility index (Phi) is 5.07. The summed E-state index contributed by atoms with van der Waals surface area (Å²) < 4.78 is 12.4. The Morgan fingerprint density at radius 3 is 2.70 bits per heavy atom. The first-order chi connectivity index (χ1) is 12.9. The third-order valence-electron chi connectivity index (χ3n) is 4.08. The van der Waals surface area contributed by atoms with Crippen LogP contribution in [0.2, 0.25) is 0 Å². The van der Waals surface area contributed by atoms with E-state index in [1.54, 1.807) is 29.1 Å². The van der Waals surface area contributed by atoms with Crippen LogP contribution in [-0.2, 0) is 11.8 Å². The molecule has 0 bridgehead atoms. The summed E-state index contributed by atoms with van der Waals surface area (Å²) in [4.78, 5) is 28.0. The molecule has 1 N–H and O–H groups in total. The number of carbonyl (C=O) groups is 2. The lowest BCUT2D eigenvalue weighted by molar-refractivity contribution is -0.118. The number of nitrogens with zero attached hydrogens (tertiary/aromatic N) is 3. The molecule has 8 nitrogen and oxygen atoms in total. The summed E-state index contributed by atoms with van der Waals surface area (Å²) >= 11 is 0. The predicted octanol–water partition coefficient (Wildman–Crippen LogP) is 2.51. The molecule has 0 saturated heterocycles. The highest BCUT2D eigenvalue weighted by atomic mass is 16.5. The lowest BCUT2D eigenvalue weighted by atomic mass is 10.1. The molecule has 140 valence electrons. The standard InChI is InChI=1S/C19H20N4O4/c1-11-15-8-14(9-20-19(15)23(3)22-11)21-18(25)10-27-16-6-5-13(12(2)24)7-17(16)26-4/h5-9H,10H2,1-4H3,(H,21,25). The highest BCUT2D eigenvalue weighted by molar-refractivity contribution is 5.95.